The summed E-state index contributed by atoms with van der Waals surface area (Å²) in [5.74, 6) is 0.224. The lowest BCUT2D eigenvalue weighted by Crippen LogP contribution is -2.62. The van der Waals surface area contributed by atoms with Gasteiger partial charge >= 0.3 is 0 Å². The SMILES string of the molecule is CCC(c1ccccc1)N1C(=O)C2CCCN2C(=O)C1C. The van der Waals surface area contributed by atoms with E-state index in [0.29, 0.717) is 0 Å². The van der Waals surface area contributed by atoms with Crippen molar-refractivity contribution in [3.63, 3.8) is 0 Å². The summed E-state index contributed by atoms with van der Waals surface area (Å²) < 4.78 is 0. The van der Waals surface area contributed by atoms with Crippen molar-refractivity contribution in [1.29, 1.82) is 0 Å². The van der Waals surface area contributed by atoms with Gasteiger partial charge in [0.25, 0.3) is 0 Å². The number of hydrogen-bond acceptors (Lipinski definition) is 2. The van der Waals surface area contributed by atoms with Crippen LogP contribution >= 0.6 is 0 Å². The zero-order chi connectivity index (χ0) is 15.0. The molecule has 0 aromatic heterocycles. The molecule has 2 saturated heterocycles. The van der Waals surface area contributed by atoms with Gasteiger partial charge < -0.3 is 9.80 Å². The van der Waals surface area contributed by atoms with E-state index in [9.17, 15) is 9.59 Å². The average Bonchev–Trinajstić information content (AvgIpc) is 3.00. The van der Waals surface area contributed by atoms with Gasteiger partial charge in [-0.2, -0.15) is 0 Å². The summed E-state index contributed by atoms with van der Waals surface area (Å²) in [4.78, 5) is 29.0. The molecule has 2 amide bonds. The second-order valence-electron chi connectivity index (χ2n) is 5.95. The van der Waals surface area contributed by atoms with Crippen molar-refractivity contribution >= 4 is 11.8 Å². The molecule has 4 nitrogen and oxygen atoms in total. The van der Waals surface area contributed by atoms with Gasteiger partial charge in [-0.15, -0.1) is 0 Å². The van der Waals surface area contributed by atoms with Crippen molar-refractivity contribution in [3.05, 3.63) is 35.9 Å². The van der Waals surface area contributed by atoms with E-state index in [-0.39, 0.29) is 29.9 Å². The molecule has 0 spiro atoms. The maximum atomic E-state index is 12.9. The first-order chi connectivity index (χ1) is 10.1. The van der Waals surface area contributed by atoms with Gasteiger partial charge in [0.2, 0.25) is 11.8 Å². The lowest BCUT2D eigenvalue weighted by Gasteiger charge is -2.44. The summed E-state index contributed by atoms with van der Waals surface area (Å²) in [7, 11) is 0. The summed E-state index contributed by atoms with van der Waals surface area (Å²) >= 11 is 0. The van der Waals surface area contributed by atoms with Crippen LogP contribution in [0.2, 0.25) is 0 Å². The molecule has 2 heterocycles. The van der Waals surface area contributed by atoms with Crippen LogP contribution in [0, 0.1) is 0 Å². The van der Waals surface area contributed by atoms with E-state index in [1.165, 1.54) is 0 Å². The third-order valence-corrected chi connectivity index (χ3v) is 4.76. The Morgan fingerprint density at radius 1 is 1.19 bits per heavy atom. The highest BCUT2D eigenvalue weighted by Gasteiger charge is 2.47. The number of carbonyl (C=O) groups is 2. The maximum Gasteiger partial charge on any atom is 0.246 e. The summed E-state index contributed by atoms with van der Waals surface area (Å²) in [6, 6.07) is 9.42. The van der Waals surface area contributed by atoms with Crippen molar-refractivity contribution < 1.29 is 9.59 Å². The van der Waals surface area contributed by atoms with Gasteiger partial charge in [0, 0.05) is 6.54 Å². The van der Waals surface area contributed by atoms with Gasteiger partial charge in [0.05, 0.1) is 6.04 Å². The van der Waals surface area contributed by atoms with Crippen molar-refractivity contribution in [3.8, 4) is 0 Å². The molecule has 21 heavy (non-hydrogen) atoms. The first-order valence-electron chi connectivity index (χ1n) is 7.82. The van der Waals surface area contributed by atoms with Crippen LogP contribution in [-0.2, 0) is 9.59 Å². The molecule has 0 N–H and O–H groups in total. The topological polar surface area (TPSA) is 40.6 Å². The van der Waals surface area contributed by atoms with Crippen LogP contribution in [0.4, 0.5) is 0 Å². The van der Waals surface area contributed by atoms with Crippen LogP contribution in [0.25, 0.3) is 0 Å². The normalized spacial score (nSPS) is 27.0. The molecule has 3 unspecified atom stereocenters. The molecular formula is C17H22N2O2. The molecule has 0 saturated carbocycles. The van der Waals surface area contributed by atoms with Crippen LogP contribution in [0.5, 0.6) is 0 Å². The highest BCUT2D eigenvalue weighted by atomic mass is 16.2. The highest BCUT2D eigenvalue weighted by Crippen LogP contribution is 2.34. The van der Waals surface area contributed by atoms with Gasteiger partial charge in [-0.05, 0) is 31.7 Å². The van der Waals surface area contributed by atoms with Crippen LogP contribution < -0.4 is 0 Å². The molecule has 2 aliphatic heterocycles. The molecular weight excluding hydrogens is 264 g/mol. The smallest absolute Gasteiger partial charge is 0.246 e. The fourth-order valence-corrected chi connectivity index (χ4v) is 3.70. The third-order valence-electron chi connectivity index (χ3n) is 4.76. The van der Waals surface area contributed by atoms with Crippen molar-refractivity contribution in [1.82, 2.24) is 9.80 Å². The first kappa shape index (κ1) is 14.1. The molecule has 2 aliphatic rings. The lowest BCUT2D eigenvalue weighted by molar-refractivity contribution is -0.161. The molecule has 0 bridgehead atoms. The van der Waals surface area contributed by atoms with E-state index < -0.39 is 0 Å². The Morgan fingerprint density at radius 2 is 1.90 bits per heavy atom. The van der Waals surface area contributed by atoms with Crippen molar-refractivity contribution in [2.45, 2.75) is 51.2 Å². The van der Waals surface area contributed by atoms with E-state index in [1.54, 1.807) is 4.90 Å². The minimum absolute atomic E-state index is 0.0135. The van der Waals surface area contributed by atoms with Gasteiger partial charge in [0.1, 0.15) is 12.1 Å². The van der Waals surface area contributed by atoms with E-state index in [1.807, 2.05) is 42.2 Å². The number of amides is 2. The van der Waals surface area contributed by atoms with Crippen molar-refractivity contribution in [2.24, 2.45) is 0 Å². The second-order valence-corrected chi connectivity index (χ2v) is 5.95. The summed E-state index contributed by atoms with van der Waals surface area (Å²) in [6.45, 7) is 4.67. The minimum atomic E-state index is -0.364. The largest absolute Gasteiger partial charge is 0.329 e. The lowest BCUT2D eigenvalue weighted by atomic mass is 9.97. The Balaban J connectivity index is 1.95. The zero-order valence-corrected chi connectivity index (χ0v) is 12.7. The molecule has 112 valence electrons. The van der Waals surface area contributed by atoms with Gasteiger partial charge in [-0.3, -0.25) is 9.59 Å². The Bertz CT molecular complexity index is 543. The Morgan fingerprint density at radius 3 is 2.57 bits per heavy atom. The summed E-state index contributed by atoms with van der Waals surface area (Å²) in [5.41, 5.74) is 1.11. The molecule has 0 aliphatic carbocycles. The number of hydrogen-bond donors (Lipinski definition) is 0. The first-order valence-corrected chi connectivity index (χ1v) is 7.82. The molecule has 1 aromatic carbocycles. The number of fused-ring (bicyclic) bond motifs is 1. The minimum Gasteiger partial charge on any atom is -0.329 e. The highest BCUT2D eigenvalue weighted by molar-refractivity contribution is 5.97. The van der Waals surface area contributed by atoms with E-state index >= 15 is 0 Å². The third kappa shape index (κ3) is 2.23. The van der Waals surface area contributed by atoms with Gasteiger partial charge in [-0.25, -0.2) is 0 Å². The molecule has 0 radical (unpaired) electrons. The Hall–Kier alpha value is -1.84. The van der Waals surface area contributed by atoms with Gasteiger partial charge in [0.15, 0.2) is 0 Å². The van der Waals surface area contributed by atoms with E-state index in [4.69, 9.17) is 0 Å². The fourth-order valence-electron chi connectivity index (χ4n) is 3.70. The monoisotopic (exact) mass is 286 g/mol. The van der Waals surface area contributed by atoms with Gasteiger partial charge in [-0.1, -0.05) is 37.3 Å². The van der Waals surface area contributed by atoms with Crippen LogP contribution in [-0.4, -0.2) is 40.2 Å². The predicted octanol–water partition coefficient (Wildman–Crippen LogP) is 2.36. The summed E-state index contributed by atoms with van der Waals surface area (Å²) in [5, 5.41) is 0. The number of piperazine rings is 1. The van der Waals surface area contributed by atoms with Crippen molar-refractivity contribution in [2.75, 3.05) is 6.54 Å². The predicted molar refractivity (Wildman–Crippen MR) is 80.5 cm³/mol. The Labute approximate surface area is 125 Å². The molecule has 4 heteroatoms. The molecule has 1 aromatic rings. The number of nitrogens with zero attached hydrogens (tertiary/aromatic N) is 2. The maximum absolute atomic E-state index is 12.9. The van der Waals surface area contributed by atoms with E-state index in [0.717, 1.165) is 31.4 Å². The van der Waals surface area contributed by atoms with E-state index in [2.05, 4.69) is 6.92 Å². The molecule has 2 fully saturated rings. The Kier molecular flexibility index (Phi) is 3.70. The fraction of sp³-hybridized carbons (Fsp3) is 0.529. The zero-order valence-electron chi connectivity index (χ0n) is 12.7. The van der Waals surface area contributed by atoms with Crippen LogP contribution in [0.3, 0.4) is 0 Å². The average molecular weight is 286 g/mol. The number of carbonyl (C=O) groups excluding carboxylic acids is 2. The quantitative estimate of drug-likeness (QED) is 0.856. The molecule has 3 rings (SSSR count). The summed E-state index contributed by atoms with van der Waals surface area (Å²) in [6.07, 6.45) is 2.56. The van der Waals surface area contributed by atoms with Crippen LogP contribution in [0.1, 0.15) is 44.7 Å². The standard InChI is InChI=1S/C17H22N2O2/c1-3-14(13-8-5-4-6-9-13)19-12(2)16(20)18-11-7-10-15(18)17(19)21/h4-6,8-9,12,14-15H,3,7,10-11H2,1-2H3. The molecule has 3 atom stereocenters. The number of rotatable bonds is 3. The number of benzene rings is 1. The second kappa shape index (κ2) is 5.51. The van der Waals surface area contributed by atoms with Crippen LogP contribution in [0.15, 0.2) is 30.3 Å².